The minimum Gasteiger partial charge on any atom is -0.493 e. The van der Waals surface area contributed by atoms with Gasteiger partial charge in [0, 0.05) is 44.0 Å². The number of hydrogen-bond acceptors (Lipinski definition) is 9. The van der Waals surface area contributed by atoms with Gasteiger partial charge in [-0.1, -0.05) is 12.1 Å². The zero-order valence-corrected chi connectivity index (χ0v) is 20.7. The summed E-state index contributed by atoms with van der Waals surface area (Å²) in [5, 5.41) is 10.2. The summed E-state index contributed by atoms with van der Waals surface area (Å²) in [6.07, 6.45) is 0.123. The Hall–Kier alpha value is -3.88. The second kappa shape index (κ2) is 11.2. The van der Waals surface area contributed by atoms with E-state index in [2.05, 4.69) is 16.0 Å². The molecule has 0 spiro atoms. The first-order valence-corrected chi connectivity index (χ1v) is 11.0. The van der Waals surface area contributed by atoms with Crippen LogP contribution in [0.2, 0.25) is 0 Å². The van der Waals surface area contributed by atoms with Crippen LogP contribution in [0.4, 0.5) is 16.2 Å². The summed E-state index contributed by atoms with van der Waals surface area (Å²) < 4.78 is 23.8. The van der Waals surface area contributed by atoms with Crippen LogP contribution in [-0.2, 0) is 4.79 Å². The van der Waals surface area contributed by atoms with Crippen LogP contribution in [0.25, 0.3) is 10.9 Å². The summed E-state index contributed by atoms with van der Waals surface area (Å²) in [6.45, 7) is 1.87. The van der Waals surface area contributed by atoms with Crippen LogP contribution >= 0.6 is 12.4 Å². The Morgan fingerprint density at radius 3 is 2.42 bits per heavy atom. The molecule has 4 rings (SSSR count). The number of nitriles is 1. The molecule has 0 aliphatic carbocycles. The fourth-order valence-electron chi connectivity index (χ4n) is 4.14. The molecule has 190 valence electrons. The number of methoxy groups -OCH3 is 2. The number of ether oxygens (including phenoxy) is 2. The molecule has 1 atom stereocenters. The lowest BCUT2D eigenvalue weighted by atomic mass is 10.0. The molecule has 36 heavy (non-hydrogen) atoms. The molecule has 10 nitrogen and oxygen atoms in total. The van der Waals surface area contributed by atoms with Crippen molar-refractivity contribution >= 4 is 41.0 Å². The number of piperazine rings is 1. The third-order valence-electron chi connectivity index (χ3n) is 6.07. The Morgan fingerprint density at radius 2 is 1.83 bits per heavy atom. The molecule has 0 unspecified atom stereocenters. The smallest absolute Gasteiger partial charge is 0.228 e. The van der Waals surface area contributed by atoms with Crippen molar-refractivity contribution in [2.75, 3.05) is 51.0 Å². The lowest BCUT2D eigenvalue weighted by molar-refractivity contribution is -0.131. The highest BCUT2D eigenvalue weighted by molar-refractivity contribution is 5.96. The van der Waals surface area contributed by atoms with E-state index in [0.717, 1.165) is 0 Å². The van der Waals surface area contributed by atoms with E-state index in [1.165, 1.54) is 26.4 Å². The molecule has 0 radical (unpaired) electrons. The van der Waals surface area contributed by atoms with Crippen molar-refractivity contribution in [2.45, 2.75) is 12.5 Å². The molecule has 2 aromatic carbocycles. The third-order valence-corrected chi connectivity index (χ3v) is 6.07. The lowest BCUT2D eigenvalue weighted by Gasteiger charge is -2.35. The van der Waals surface area contributed by atoms with Crippen molar-refractivity contribution in [2.24, 2.45) is 5.73 Å². The highest BCUT2D eigenvalue weighted by atomic mass is 35.5. The van der Waals surface area contributed by atoms with Crippen molar-refractivity contribution in [1.82, 2.24) is 14.9 Å². The number of aromatic nitrogens is 2. The van der Waals surface area contributed by atoms with Gasteiger partial charge in [0.05, 0.1) is 19.7 Å². The van der Waals surface area contributed by atoms with Crippen LogP contribution in [0, 0.1) is 17.1 Å². The van der Waals surface area contributed by atoms with E-state index in [1.54, 1.807) is 23.1 Å². The number of rotatable bonds is 6. The zero-order valence-electron chi connectivity index (χ0n) is 19.9. The molecule has 2 heterocycles. The molecule has 1 aliphatic rings. The molecule has 1 aliphatic heterocycles. The van der Waals surface area contributed by atoms with Gasteiger partial charge in [-0.2, -0.15) is 10.2 Å². The van der Waals surface area contributed by atoms with Gasteiger partial charge in [-0.25, -0.2) is 9.37 Å². The number of benzene rings is 2. The normalized spacial score (nSPS) is 14.1. The minimum atomic E-state index is -0.513. The molecule has 1 saturated heterocycles. The SMILES string of the molecule is COc1cc2c(N)nc(N3CCN(C(=O)C[C@@H](N)c4ccc(F)cc4)CC3)nc2c(C#N)c1OC.Cl. The molecule has 0 bridgehead atoms. The summed E-state index contributed by atoms with van der Waals surface area (Å²) in [4.78, 5) is 25.5. The maximum absolute atomic E-state index is 13.1. The summed E-state index contributed by atoms with van der Waals surface area (Å²) in [5.41, 5.74) is 13.7. The van der Waals surface area contributed by atoms with Gasteiger partial charge in [0.2, 0.25) is 11.9 Å². The predicted molar refractivity (Wildman–Crippen MR) is 136 cm³/mol. The van der Waals surface area contributed by atoms with E-state index in [1.807, 2.05) is 4.90 Å². The van der Waals surface area contributed by atoms with Crippen molar-refractivity contribution in [1.29, 1.82) is 5.26 Å². The monoisotopic (exact) mass is 515 g/mol. The maximum Gasteiger partial charge on any atom is 0.228 e. The summed E-state index contributed by atoms with van der Waals surface area (Å²) >= 11 is 0. The number of carbonyl (C=O) groups is 1. The van der Waals surface area contributed by atoms with Gasteiger partial charge in [-0.15, -0.1) is 12.4 Å². The number of carbonyl (C=O) groups excluding carboxylic acids is 1. The highest BCUT2D eigenvalue weighted by Crippen LogP contribution is 2.38. The molecule has 0 saturated carbocycles. The zero-order chi connectivity index (χ0) is 25.1. The number of amides is 1. The fourth-order valence-corrected chi connectivity index (χ4v) is 4.14. The molecule has 1 aromatic heterocycles. The largest absolute Gasteiger partial charge is 0.493 e. The molecular formula is C24H27ClFN7O3. The number of nitrogen functional groups attached to an aromatic ring is 1. The van der Waals surface area contributed by atoms with Gasteiger partial charge in [0.1, 0.15) is 23.3 Å². The van der Waals surface area contributed by atoms with Gasteiger partial charge in [0.15, 0.2) is 11.5 Å². The third kappa shape index (κ3) is 5.19. The lowest BCUT2D eigenvalue weighted by Crippen LogP contribution is -2.49. The number of nitrogens with zero attached hydrogens (tertiary/aromatic N) is 5. The van der Waals surface area contributed by atoms with Crippen LogP contribution in [0.1, 0.15) is 23.6 Å². The molecule has 1 fully saturated rings. The van der Waals surface area contributed by atoms with E-state index in [-0.39, 0.29) is 47.7 Å². The molecule has 4 N–H and O–H groups in total. The summed E-state index contributed by atoms with van der Waals surface area (Å²) in [7, 11) is 2.93. The Kier molecular flexibility index (Phi) is 8.34. The van der Waals surface area contributed by atoms with E-state index in [9.17, 15) is 14.4 Å². The van der Waals surface area contributed by atoms with Gasteiger partial charge in [0.25, 0.3) is 0 Å². The maximum atomic E-state index is 13.1. The highest BCUT2D eigenvalue weighted by Gasteiger charge is 2.26. The molecule has 12 heteroatoms. The van der Waals surface area contributed by atoms with E-state index in [4.69, 9.17) is 20.9 Å². The van der Waals surface area contributed by atoms with Gasteiger partial charge in [-0.05, 0) is 23.8 Å². The van der Waals surface area contributed by atoms with Crippen LogP contribution in [0.3, 0.4) is 0 Å². The molecular weight excluding hydrogens is 489 g/mol. The van der Waals surface area contributed by atoms with Crippen LogP contribution in [0.15, 0.2) is 30.3 Å². The van der Waals surface area contributed by atoms with Crippen LogP contribution in [-0.4, -0.2) is 61.2 Å². The summed E-state index contributed by atoms with van der Waals surface area (Å²) in [5.74, 6) is 0.800. The van der Waals surface area contributed by atoms with Crippen LogP contribution < -0.4 is 25.8 Å². The number of fused-ring (bicyclic) bond motifs is 1. The predicted octanol–water partition coefficient (Wildman–Crippen LogP) is 2.40. The number of halogens is 2. The Morgan fingerprint density at radius 1 is 1.17 bits per heavy atom. The summed E-state index contributed by atoms with van der Waals surface area (Å²) in [6, 6.07) is 9.10. The standard InChI is InChI=1S/C24H26FN7O3.ClH/c1-34-19-11-16-21(17(13-26)22(19)35-2)29-24(30-23(16)28)32-9-7-31(8-10-32)20(33)12-18(27)14-3-5-15(25)6-4-14;/h3-6,11,18H,7-10,12,27H2,1-2H3,(H2,28,29,30);1H/t18-;/m1./s1. The van der Waals surface area contributed by atoms with Crippen LogP contribution in [0.5, 0.6) is 11.5 Å². The number of hydrogen-bond donors (Lipinski definition) is 2. The minimum absolute atomic E-state index is 0. The van der Waals surface area contributed by atoms with Crippen molar-refractivity contribution in [3.8, 4) is 17.6 Å². The van der Waals surface area contributed by atoms with Gasteiger partial charge >= 0.3 is 0 Å². The topological polar surface area (TPSA) is 144 Å². The first kappa shape index (κ1) is 26.7. The van der Waals surface area contributed by atoms with Crippen molar-refractivity contribution in [3.05, 3.63) is 47.3 Å². The van der Waals surface area contributed by atoms with Gasteiger partial charge < -0.3 is 30.7 Å². The van der Waals surface area contributed by atoms with Crippen molar-refractivity contribution in [3.63, 3.8) is 0 Å². The quantitative estimate of drug-likeness (QED) is 0.505. The molecule has 1 amide bonds. The fraction of sp³-hybridized carbons (Fsp3) is 0.333. The van der Waals surface area contributed by atoms with E-state index < -0.39 is 6.04 Å². The first-order valence-electron chi connectivity index (χ1n) is 11.0. The molecule has 3 aromatic rings. The van der Waals surface area contributed by atoms with E-state index >= 15 is 0 Å². The Labute approximate surface area is 214 Å². The first-order chi connectivity index (χ1) is 16.9. The Balaban J connectivity index is 0.00000361. The second-order valence-corrected chi connectivity index (χ2v) is 8.13. The Bertz CT molecular complexity index is 1290. The average molecular weight is 516 g/mol. The van der Waals surface area contributed by atoms with E-state index in [0.29, 0.717) is 54.3 Å². The van der Waals surface area contributed by atoms with Gasteiger partial charge in [-0.3, -0.25) is 4.79 Å². The second-order valence-electron chi connectivity index (χ2n) is 8.13. The average Bonchev–Trinajstić information content (AvgIpc) is 2.87. The van der Waals surface area contributed by atoms with Crippen molar-refractivity contribution < 1.29 is 18.7 Å². The number of nitrogens with two attached hydrogens (primary N) is 2. The number of anilines is 2.